The van der Waals surface area contributed by atoms with Crippen LogP contribution in [0.4, 0.5) is 0 Å². The van der Waals surface area contributed by atoms with E-state index in [1.54, 1.807) is 0 Å². The molecule has 0 radical (unpaired) electrons. The van der Waals surface area contributed by atoms with Gasteiger partial charge in [-0.3, -0.25) is 9.69 Å². The van der Waals surface area contributed by atoms with Crippen LogP contribution < -0.4 is 0 Å². The molecule has 0 saturated carbocycles. The van der Waals surface area contributed by atoms with E-state index in [4.69, 9.17) is 0 Å². The van der Waals surface area contributed by atoms with Crippen LogP contribution in [-0.2, 0) is 11.3 Å². The Morgan fingerprint density at radius 1 is 1.30 bits per heavy atom. The first-order valence-electron chi connectivity index (χ1n) is 7.63. The Bertz CT molecular complexity index is 494. The topological polar surface area (TPSA) is 23.6 Å². The first kappa shape index (κ1) is 14.1. The number of hydrogen-bond acceptors (Lipinski definition) is 3. The van der Waals surface area contributed by atoms with Crippen molar-refractivity contribution < 1.29 is 4.79 Å². The van der Waals surface area contributed by atoms with Gasteiger partial charge in [-0.05, 0) is 51.3 Å². The lowest BCUT2D eigenvalue weighted by molar-refractivity contribution is -0.142. The molecule has 0 unspecified atom stereocenters. The molecule has 3 rings (SSSR count). The highest BCUT2D eigenvalue weighted by atomic mass is 32.1. The van der Waals surface area contributed by atoms with E-state index < -0.39 is 0 Å². The molecular formula is C16H24N2OS. The first-order chi connectivity index (χ1) is 9.59. The number of likely N-dealkylation sites (tertiary alicyclic amines) is 2. The van der Waals surface area contributed by atoms with Gasteiger partial charge in [0.1, 0.15) is 0 Å². The molecule has 20 heavy (non-hydrogen) atoms. The average Bonchev–Trinajstić information content (AvgIpc) is 2.82. The number of carbonyl (C=O) groups excluding carboxylic acids is 1. The maximum absolute atomic E-state index is 12.0. The molecule has 110 valence electrons. The Hall–Kier alpha value is -0.870. The van der Waals surface area contributed by atoms with E-state index in [-0.39, 0.29) is 5.54 Å². The smallest absolute Gasteiger partial charge is 0.222 e. The average molecular weight is 292 g/mol. The predicted molar refractivity (Wildman–Crippen MR) is 82.9 cm³/mol. The van der Waals surface area contributed by atoms with E-state index >= 15 is 0 Å². The third-order valence-electron chi connectivity index (χ3n) is 4.93. The van der Waals surface area contributed by atoms with Crippen molar-refractivity contribution in [2.75, 3.05) is 20.1 Å². The minimum absolute atomic E-state index is 0.111. The number of rotatable bonds is 2. The predicted octanol–water partition coefficient (Wildman–Crippen LogP) is 3.03. The van der Waals surface area contributed by atoms with Gasteiger partial charge in [-0.25, -0.2) is 0 Å². The van der Waals surface area contributed by atoms with Crippen LogP contribution >= 0.6 is 11.3 Å². The molecular weight excluding hydrogens is 268 g/mol. The van der Waals surface area contributed by atoms with E-state index in [2.05, 4.69) is 28.9 Å². The van der Waals surface area contributed by atoms with Crippen LogP contribution in [0, 0.1) is 6.92 Å². The van der Waals surface area contributed by atoms with Crippen LogP contribution in [0.1, 0.15) is 41.9 Å². The van der Waals surface area contributed by atoms with Crippen molar-refractivity contribution in [3.8, 4) is 0 Å². The lowest BCUT2D eigenvalue weighted by Gasteiger charge is -2.50. The molecule has 0 aliphatic carbocycles. The number of aryl methyl sites for hydroxylation is 1. The third kappa shape index (κ3) is 2.63. The second kappa shape index (κ2) is 5.49. The van der Waals surface area contributed by atoms with Crippen molar-refractivity contribution >= 4 is 17.2 Å². The number of likely N-dealkylation sites (N-methyl/N-ethyl adjacent to an activating group) is 1. The van der Waals surface area contributed by atoms with E-state index in [0.29, 0.717) is 5.91 Å². The van der Waals surface area contributed by atoms with Crippen molar-refractivity contribution in [3.63, 3.8) is 0 Å². The number of carbonyl (C=O) groups is 1. The van der Waals surface area contributed by atoms with Gasteiger partial charge in [0.25, 0.3) is 0 Å². The molecule has 1 atom stereocenters. The third-order valence-corrected chi connectivity index (χ3v) is 5.91. The summed E-state index contributed by atoms with van der Waals surface area (Å²) < 4.78 is 0. The normalized spacial score (nSPS) is 28.3. The molecule has 1 aromatic rings. The summed E-state index contributed by atoms with van der Waals surface area (Å²) in [5.74, 6) is 0.338. The maximum Gasteiger partial charge on any atom is 0.222 e. The first-order valence-corrected chi connectivity index (χ1v) is 8.45. The molecule has 4 heteroatoms. The van der Waals surface area contributed by atoms with Gasteiger partial charge in [0, 0.05) is 36.3 Å². The van der Waals surface area contributed by atoms with E-state index in [9.17, 15) is 4.79 Å². The molecule has 1 aromatic heterocycles. The van der Waals surface area contributed by atoms with Crippen LogP contribution in [0.3, 0.4) is 0 Å². The van der Waals surface area contributed by atoms with Gasteiger partial charge in [-0.1, -0.05) is 0 Å². The molecule has 0 aromatic carbocycles. The van der Waals surface area contributed by atoms with Gasteiger partial charge in [-0.15, -0.1) is 11.3 Å². The lowest BCUT2D eigenvalue weighted by Crippen LogP contribution is -2.60. The molecule has 2 saturated heterocycles. The SMILES string of the molecule is Cc1ccc(CN2CCC[C@]3(CCCC(=O)N3C)C2)s1. The highest BCUT2D eigenvalue weighted by Crippen LogP contribution is 2.36. The van der Waals surface area contributed by atoms with Gasteiger partial charge >= 0.3 is 0 Å². The largest absolute Gasteiger partial charge is 0.339 e. The van der Waals surface area contributed by atoms with Crippen LogP contribution in [0.15, 0.2) is 12.1 Å². The molecule has 1 spiro atoms. The Morgan fingerprint density at radius 2 is 2.10 bits per heavy atom. The summed E-state index contributed by atoms with van der Waals surface area (Å²) in [6, 6.07) is 4.45. The van der Waals surface area contributed by atoms with Gasteiger partial charge in [-0.2, -0.15) is 0 Å². The van der Waals surface area contributed by atoms with Gasteiger partial charge < -0.3 is 4.90 Å². The van der Waals surface area contributed by atoms with Crippen LogP contribution in [-0.4, -0.2) is 41.4 Å². The van der Waals surface area contributed by atoms with E-state index in [0.717, 1.165) is 25.9 Å². The number of thiophene rings is 1. The fourth-order valence-corrected chi connectivity index (χ4v) is 4.71. The highest BCUT2D eigenvalue weighted by Gasteiger charge is 2.43. The fourth-order valence-electron chi connectivity index (χ4n) is 3.78. The van der Waals surface area contributed by atoms with E-state index in [1.165, 1.54) is 35.6 Å². The Morgan fingerprint density at radius 3 is 2.85 bits per heavy atom. The number of hydrogen-bond donors (Lipinski definition) is 0. The Kier molecular flexibility index (Phi) is 3.87. The highest BCUT2D eigenvalue weighted by molar-refractivity contribution is 7.11. The number of nitrogens with zero attached hydrogens (tertiary/aromatic N) is 2. The van der Waals surface area contributed by atoms with E-state index in [1.807, 2.05) is 18.4 Å². The molecule has 1 amide bonds. The Balaban J connectivity index is 1.71. The fraction of sp³-hybridized carbons (Fsp3) is 0.688. The summed E-state index contributed by atoms with van der Waals surface area (Å²) in [7, 11) is 2.01. The standard InChI is InChI=1S/C16H24N2OS/c1-13-6-7-14(20-13)11-18-10-4-9-16(12-18)8-3-5-15(19)17(16)2/h6-7H,3-5,8-12H2,1-2H3/t16-/m1/s1. The maximum atomic E-state index is 12.0. The summed E-state index contributed by atoms with van der Waals surface area (Å²) in [5.41, 5.74) is 0.111. The van der Waals surface area contributed by atoms with Crippen molar-refractivity contribution in [3.05, 3.63) is 21.9 Å². The van der Waals surface area contributed by atoms with Gasteiger partial charge in [0.05, 0.1) is 5.54 Å². The van der Waals surface area contributed by atoms with Crippen molar-refractivity contribution in [1.29, 1.82) is 0 Å². The zero-order chi connectivity index (χ0) is 14.2. The van der Waals surface area contributed by atoms with Crippen molar-refractivity contribution in [2.24, 2.45) is 0 Å². The summed E-state index contributed by atoms with van der Waals surface area (Å²) in [4.78, 5) is 19.5. The van der Waals surface area contributed by atoms with Gasteiger partial charge in [0.2, 0.25) is 5.91 Å². The van der Waals surface area contributed by atoms with Crippen LogP contribution in [0.2, 0.25) is 0 Å². The van der Waals surface area contributed by atoms with Crippen molar-refractivity contribution in [1.82, 2.24) is 9.80 Å². The molecule has 0 N–H and O–H groups in total. The number of piperidine rings is 2. The molecule has 2 fully saturated rings. The summed E-state index contributed by atoms with van der Waals surface area (Å²) in [5, 5.41) is 0. The van der Waals surface area contributed by atoms with Crippen LogP contribution in [0.25, 0.3) is 0 Å². The second-order valence-corrected chi connectivity index (χ2v) is 7.73. The summed E-state index contributed by atoms with van der Waals surface area (Å²) in [6.45, 7) is 5.43. The quantitative estimate of drug-likeness (QED) is 0.836. The molecule has 3 nitrogen and oxygen atoms in total. The van der Waals surface area contributed by atoms with Crippen molar-refractivity contribution in [2.45, 2.75) is 51.1 Å². The molecule has 3 heterocycles. The van der Waals surface area contributed by atoms with Crippen LogP contribution in [0.5, 0.6) is 0 Å². The summed E-state index contributed by atoms with van der Waals surface area (Å²) in [6.07, 6.45) is 5.36. The lowest BCUT2D eigenvalue weighted by atomic mass is 9.80. The van der Waals surface area contributed by atoms with Gasteiger partial charge in [0.15, 0.2) is 0 Å². The molecule has 0 bridgehead atoms. The molecule has 2 aliphatic rings. The Labute approximate surface area is 125 Å². The monoisotopic (exact) mass is 292 g/mol. The molecule has 2 aliphatic heterocycles. The second-order valence-electron chi connectivity index (χ2n) is 6.36. The zero-order valence-electron chi connectivity index (χ0n) is 12.5. The summed E-state index contributed by atoms with van der Waals surface area (Å²) >= 11 is 1.90. The number of amides is 1. The minimum Gasteiger partial charge on any atom is -0.339 e. The minimum atomic E-state index is 0.111. The zero-order valence-corrected chi connectivity index (χ0v) is 13.3.